The average molecular weight is 315 g/mol. The summed E-state index contributed by atoms with van der Waals surface area (Å²) in [6.45, 7) is 6.50. The lowest BCUT2D eigenvalue weighted by Gasteiger charge is -2.30. The maximum absolute atomic E-state index is 12.7. The molecule has 23 heavy (non-hydrogen) atoms. The predicted octanol–water partition coefficient (Wildman–Crippen LogP) is 2.84. The van der Waals surface area contributed by atoms with Gasteiger partial charge in [0.2, 0.25) is 0 Å². The van der Waals surface area contributed by atoms with Gasteiger partial charge in [-0.3, -0.25) is 9.48 Å². The van der Waals surface area contributed by atoms with Crippen LogP contribution in [0.4, 0.5) is 0 Å². The van der Waals surface area contributed by atoms with Crippen molar-refractivity contribution in [3.8, 4) is 0 Å². The van der Waals surface area contributed by atoms with Crippen LogP contribution in [0, 0.1) is 0 Å². The number of nitrogens with zero attached hydrogens (tertiary/aromatic N) is 2. The molecule has 124 valence electrons. The van der Waals surface area contributed by atoms with Gasteiger partial charge in [-0.15, -0.1) is 0 Å². The molecule has 0 saturated heterocycles. The fourth-order valence-corrected chi connectivity index (χ4v) is 2.73. The SMILES string of the molecule is COC[C@@](C)(NC(=O)c1cc(C(C)C)n(C)n1)c1ccccc1. The van der Waals surface area contributed by atoms with Crippen LogP contribution in [0.25, 0.3) is 0 Å². The van der Waals surface area contributed by atoms with E-state index < -0.39 is 5.54 Å². The number of amides is 1. The number of hydrogen-bond donors (Lipinski definition) is 1. The molecule has 0 saturated carbocycles. The molecule has 1 N–H and O–H groups in total. The third kappa shape index (κ3) is 3.79. The number of methoxy groups -OCH3 is 1. The summed E-state index contributed by atoms with van der Waals surface area (Å²) >= 11 is 0. The fourth-order valence-electron chi connectivity index (χ4n) is 2.73. The first-order chi connectivity index (χ1) is 10.9. The van der Waals surface area contributed by atoms with Crippen LogP contribution < -0.4 is 5.32 Å². The van der Waals surface area contributed by atoms with E-state index in [0.29, 0.717) is 18.2 Å². The molecule has 5 heteroatoms. The number of hydrogen-bond acceptors (Lipinski definition) is 3. The van der Waals surface area contributed by atoms with Crippen molar-refractivity contribution < 1.29 is 9.53 Å². The van der Waals surface area contributed by atoms with Crippen molar-refractivity contribution in [1.29, 1.82) is 0 Å². The molecule has 0 aliphatic heterocycles. The predicted molar refractivity (Wildman–Crippen MR) is 90.4 cm³/mol. The molecule has 0 aliphatic rings. The van der Waals surface area contributed by atoms with Crippen LogP contribution in [0.2, 0.25) is 0 Å². The first kappa shape index (κ1) is 17.2. The number of rotatable bonds is 6. The molecule has 1 atom stereocenters. The minimum Gasteiger partial charge on any atom is -0.382 e. The third-order valence-corrected chi connectivity index (χ3v) is 3.97. The topological polar surface area (TPSA) is 56.1 Å². The normalized spacial score (nSPS) is 13.8. The Kier molecular flexibility index (Phi) is 5.21. The highest BCUT2D eigenvalue weighted by Crippen LogP contribution is 2.22. The van der Waals surface area contributed by atoms with Gasteiger partial charge in [0.1, 0.15) is 5.69 Å². The van der Waals surface area contributed by atoms with Crippen LogP contribution in [0.15, 0.2) is 36.4 Å². The van der Waals surface area contributed by atoms with Gasteiger partial charge < -0.3 is 10.1 Å². The van der Waals surface area contributed by atoms with Crippen LogP contribution in [0.1, 0.15) is 48.4 Å². The maximum Gasteiger partial charge on any atom is 0.272 e. The van der Waals surface area contributed by atoms with Crippen molar-refractivity contribution in [2.45, 2.75) is 32.2 Å². The van der Waals surface area contributed by atoms with Gasteiger partial charge >= 0.3 is 0 Å². The van der Waals surface area contributed by atoms with Crippen LogP contribution in [0.5, 0.6) is 0 Å². The number of carbonyl (C=O) groups excluding carboxylic acids is 1. The lowest BCUT2D eigenvalue weighted by molar-refractivity contribution is 0.0780. The second-order valence-electron chi connectivity index (χ2n) is 6.32. The summed E-state index contributed by atoms with van der Waals surface area (Å²) in [5.74, 6) is 0.115. The van der Waals surface area contributed by atoms with E-state index in [1.54, 1.807) is 11.8 Å². The molecular formula is C18H25N3O2. The molecular weight excluding hydrogens is 290 g/mol. The second kappa shape index (κ2) is 6.96. The smallest absolute Gasteiger partial charge is 0.272 e. The van der Waals surface area contributed by atoms with Gasteiger partial charge in [0, 0.05) is 19.9 Å². The summed E-state index contributed by atoms with van der Waals surface area (Å²) in [6, 6.07) is 11.7. The highest BCUT2D eigenvalue weighted by molar-refractivity contribution is 5.93. The van der Waals surface area contributed by atoms with E-state index in [1.165, 1.54) is 0 Å². The largest absolute Gasteiger partial charge is 0.382 e. The summed E-state index contributed by atoms with van der Waals surface area (Å²) < 4.78 is 7.08. The standard InChI is InChI=1S/C18H25N3O2/c1-13(2)16-11-15(20-21(16)4)17(22)19-18(3,12-23-5)14-9-7-6-8-10-14/h6-11,13H,12H2,1-5H3,(H,19,22)/t18-/m1/s1. The van der Waals surface area contributed by atoms with E-state index in [9.17, 15) is 4.79 Å². The van der Waals surface area contributed by atoms with Crippen LogP contribution in [0.3, 0.4) is 0 Å². The summed E-state index contributed by atoms with van der Waals surface area (Å²) in [7, 11) is 3.49. The zero-order valence-corrected chi connectivity index (χ0v) is 14.5. The molecule has 0 bridgehead atoms. The minimum atomic E-state index is -0.609. The highest BCUT2D eigenvalue weighted by Gasteiger charge is 2.30. The van der Waals surface area contributed by atoms with Crippen molar-refractivity contribution in [3.05, 3.63) is 53.3 Å². The van der Waals surface area contributed by atoms with E-state index >= 15 is 0 Å². The molecule has 0 aliphatic carbocycles. The van der Waals surface area contributed by atoms with Gasteiger partial charge in [-0.2, -0.15) is 5.10 Å². The summed E-state index contributed by atoms with van der Waals surface area (Å²) in [4.78, 5) is 12.7. The minimum absolute atomic E-state index is 0.198. The number of carbonyl (C=O) groups is 1. The van der Waals surface area contributed by atoms with Gasteiger partial charge in [0.25, 0.3) is 5.91 Å². The zero-order chi connectivity index (χ0) is 17.0. The molecule has 2 aromatic rings. The van der Waals surface area contributed by atoms with Crippen molar-refractivity contribution >= 4 is 5.91 Å². The average Bonchev–Trinajstić information content (AvgIpc) is 2.91. The lowest BCUT2D eigenvalue weighted by Crippen LogP contribution is -2.47. The number of ether oxygens (including phenoxy) is 1. The zero-order valence-electron chi connectivity index (χ0n) is 14.5. The van der Waals surface area contributed by atoms with E-state index in [-0.39, 0.29) is 5.91 Å². The number of aryl methyl sites for hydroxylation is 1. The van der Waals surface area contributed by atoms with Gasteiger partial charge in [0.05, 0.1) is 12.1 Å². The lowest BCUT2D eigenvalue weighted by atomic mass is 9.92. The number of aromatic nitrogens is 2. The molecule has 0 unspecified atom stereocenters. The van der Waals surface area contributed by atoms with E-state index in [1.807, 2.05) is 50.4 Å². The fraction of sp³-hybridized carbons (Fsp3) is 0.444. The van der Waals surface area contributed by atoms with Gasteiger partial charge in [-0.25, -0.2) is 0 Å². The molecule has 0 fully saturated rings. The Morgan fingerprint density at radius 2 is 2.00 bits per heavy atom. The monoisotopic (exact) mass is 315 g/mol. The van der Waals surface area contributed by atoms with Crippen LogP contribution >= 0.6 is 0 Å². The Hall–Kier alpha value is -2.14. The van der Waals surface area contributed by atoms with Crippen molar-refractivity contribution in [2.75, 3.05) is 13.7 Å². The number of nitrogens with one attached hydrogen (secondary N) is 1. The number of benzene rings is 1. The van der Waals surface area contributed by atoms with Crippen molar-refractivity contribution in [3.63, 3.8) is 0 Å². The summed E-state index contributed by atoms with van der Waals surface area (Å²) in [6.07, 6.45) is 0. The van der Waals surface area contributed by atoms with E-state index in [2.05, 4.69) is 24.3 Å². The van der Waals surface area contributed by atoms with Gasteiger partial charge in [0.15, 0.2) is 0 Å². The molecule has 0 radical (unpaired) electrons. The Morgan fingerprint density at radius 3 is 2.52 bits per heavy atom. The summed E-state index contributed by atoms with van der Waals surface area (Å²) in [5.41, 5.74) is 1.84. The molecule has 1 heterocycles. The van der Waals surface area contributed by atoms with Crippen LogP contribution in [-0.2, 0) is 17.3 Å². The second-order valence-corrected chi connectivity index (χ2v) is 6.32. The maximum atomic E-state index is 12.7. The Morgan fingerprint density at radius 1 is 1.35 bits per heavy atom. The van der Waals surface area contributed by atoms with E-state index in [0.717, 1.165) is 11.3 Å². The molecule has 1 aromatic heterocycles. The third-order valence-electron chi connectivity index (χ3n) is 3.97. The molecule has 1 amide bonds. The Balaban J connectivity index is 2.26. The molecule has 1 aromatic carbocycles. The van der Waals surface area contributed by atoms with E-state index in [4.69, 9.17) is 4.74 Å². The molecule has 5 nitrogen and oxygen atoms in total. The van der Waals surface area contributed by atoms with Crippen LogP contribution in [-0.4, -0.2) is 29.4 Å². The van der Waals surface area contributed by atoms with Crippen molar-refractivity contribution in [2.24, 2.45) is 7.05 Å². The quantitative estimate of drug-likeness (QED) is 0.892. The van der Waals surface area contributed by atoms with Gasteiger partial charge in [-0.05, 0) is 24.5 Å². The van der Waals surface area contributed by atoms with Gasteiger partial charge in [-0.1, -0.05) is 44.2 Å². The molecule has 2 rings (SSSR count). The molecule has 0 spiro atoms. The Labute approximate surface area is 137 Å². The summed E-state index contributed by atoms with van der Waals surface area (Å²) in [5, 5.41) is 7.40. The Bertz CT molecular complexity index is 664. The first-order valence-corrected chi connectivity index (χ1v) is 7.78. The first-order valence-electron chi connectivity index (χ1n) is 7.78. The van der Waals surface area contributed by atoms with Crippen molar-refractivity contribution in [1.82, 2.24) is 15.1 Å². The highest BCUT2D eigenvalue weighted by atomic mass is 16.5.